The lowest BCUT2D eigenvalue weighted by Crippen LogP contribution is -2.53. The van der Waals surface area contributed by atoms with Gasteiger partial charge in [0.2, 0.25) is 5.76 Å². The Kier molecular flexibility index (Phi) is 10.8. The van der Waals surface area contributed by atoms with Crippen molar-refractivity contribution in [2.75, 3.05) is 19.8 Å². The first kappa shape index (κ1) is 26.8. The quantitative estimate of drug-likeness (QED) is 0.224. The molecule has 1 saturated heterocycles. The smallest absolute Gasteiger partial charge is 0.319 e. The van der Waals surface area contributed by atoms with Gasteiger partial charge in [0.15, 0.2) is 12.4 Å². The molecule has 1 aromatic carbocycles. The molecule has 0 aliphatic carbocycles. The molecule has 1 aromatic rings. The van der Waals surface area contributed by atoms with Gasteiger partial charge in [0, 0.05) is 19.4 Å². The lowest BCUT2D eigenvalue weighted by Gasteiger charge is -2.40. The highest BCUT2D eigenvalue weighted by molar-refractivity contribution is 5.69. The minimum absolute atomic E-state index is 0.0770. The zero-order valence-corrected chi connectivity index (χ0v) is 18.3. The van der Waals surface area contributed by atoms with Gasteiger partial charge in [0.05, 0.1) is 25.7 Å². The van der Waals surface area contributed by atoms with Gasteiger partial charge < -0.3 is 49.6 Å². The second-order valence-electron chi connectivity index (χ2n) is 7.73. The number of carbonyl (C=O) groups is 1. The molecule has 6 atom stereocenters. The van der Waals surface area contributed by atoms with Crippen LogP contribution in [0.3, 0.4) is 0 Å². The van der Waals surface area contributed by atoms with Gasteiger partial charge in [-0.15, -0.1) is 0 Å². The van der Waals surface area contributed by atoms with E-state index in [1.807, 2.05) is 30.3 Å². The molecule has 11 nitrogen and oxygen atoms in total. The van der Waals surface area contributed by atoms with E-state index in [0.29, 0.717) is 0 Å². The van der Waals surface area contributed by atoms with Crippen molar-refractivity contribution >= 4 is 5.97 Å². The van der Waals surface area contributed by atoms with E-state index < -0.39 is 67.5 Å². The van der Waals surface area contributed by atoms with E-state index in [4.69, 9.17) is 29.2 Å². The highest BCUT2D eigenvalue weighted by Crippen LogP contribution is 2.29. The van der Waals surface area contributed by atoms with Crippen molar-refractivity contribution in [1.82, 2.24) is 0 Å². The molecular formula is C22H32O11. The number of ether oxygens (including phenoxy) is 4. The average molecular weight is 472 g/mol. The van der Waals surface area contributed by atoms with Crippen LogP contribution >= 0.6 is 0 Å². The number of carboxylic acids is 1. The van der Waals surface area contributed by atoms with Crippen molar-refractivity contribution in [2.45, 2.75) is 57.1 Å². The van der Waals surface area contributed by atoms with Crippen LogP contribution in [0.5, 0.6) is 0 Å². The molecule has 2 rings (SSSR count). The van der Waals surface area contributed by atoms with Gasteiger partial charge in [-0.25, -0.2) is 0 Å². The molecule has 186 valence electrons. The summed E-state index contributed by atoms with van der Waals surface area (Å²) in [4.78, 5) is 11.2. The number of benzene rings is 1. The zero-order chi connectivity index (χ0) is 24.4. The predicted octanol–water partition coefficient (Wildman–Crippen LogP) is 0.830. The van der Waals surface area contributed by atoms with E-state index in [2.05, 4.69) is 0 Å². The lowest BCUT2D eigenvalue weighted by molar-refractivity contribution is -0.275. The fraction of sp³-hybridized carbons (Fsp3) is 0.591. The summed E-state index contributed by atoms with van der Waals surface area (Å²) < 4.78 is 22.6. The highest BCUT2D eigenvalue weighted by Gasteiger charge is 2.43. The molecule has 1 heterocycles. The lowest BCUT2D eigenvalue weighted by atomic mass is 10.0. The van der Waals surface area contributed by atoms with Gasteiger partial charge >= 0.3 is 11.9 Å². The van der Waals surface area contributed by atoms with Crippen LogP contribution in [0.25, 0.3) is 0 Å². The molecule has 1 fully saturated rings. The zero-order valence-electron chi connectivity index (χ0n) is 18.3. The van der Waals surface area contributed by atoms with Crippen molar-refractivity contribution in [1.29, 1.82) is 0 Å². The Labute approximate surface area is 191 Å². The normalized spacial score (nSPS) is 25.7. The molecule has 6 N–H and O–H groups in total. The van der Waals surface area contributed by atoms with Gasteiger partial charge in [-0.3, -0.25) is 4.79 Å². The Balaban J connectivity index is 2.16. The summed E-state index contributed by atoms with van der Waals surface area (Å²) >= 11 is 0. The summed E-state index contributed by atoms with van der Waals surface area (Å²) in [5.41, 5.74) is 0.889. The molecule has 0 spiro atoms. The fourth-order valence-electron chi connectivity index (χ4n) is 3.15. The van der Waals surface area contributed by atoms with E-state index >= 15 is 0 Å². The van der Waals surface area contributed by atoms with Gasteiger partial charge in [-0.1, -0.05) is 30.3 Å². The molecule has 33 heavy (non-hydrogen) atoms. The average Bonchev–Trinajstić information content (AvgIpc) is 2.81. The van der Waals surface area contributed by atoms with E-state index in [1.165, 1.54) is 6.92 Å². The third-order valence-electron chi connectivity index (χ3n) is 5.11. The van der Waals surface area contributed by atoms with Crippen LogP contribution in [0.15, 0.2) is 42.0 Å². The van der Waals surface area contributed by atoms with Crippen LogP contribution in [0.4, 0.5) is 0 Å². The summed E-state index contributed by atoms with van der Waals surface area (Å²) in [5, 5.41) is 57.7. The fourth-order valence-corrected chi connectivity index (χ4v) is 3.15. The number of aliphatic hydroxyl groups is 5. The maximum Gasteiger partial charge on any atom is 0.319 e. The second-order valence-corrected chi connectivity index (χ2v) is 7.73. The largest absolute Gasteiger partial charge is 0.504 e. The van der Waals surface area contributed by atoms with Crippen molar-refractivity contribution < 1.29 is 54.4 Å². The second kappa shape index (κ2) is 13.3. The first-order valence-electron chi connectivity index (χ1n) is 10.6. The molecule has 2 unspecified atom stereocenters. The molecule has 0 aromatic heterocycles. The summed E-state index contributed by atoms with van der Waals surface area (Å²) in [6, 6.07) is 9.30. The molecule has 0 amide bonds. The summed E-state index contributed by atoms with van der Waals surface area (Å²) in [5.74, 6) is -3.83. The monoisotopic (exact) mass is 472 g/mol. The predicted molar refractivity (Wildman–Crippen MR) is 113 cm³/mol. The summed E-state index contributed by atoms with van der Waals surface area (Å²) in [7, 11) is 0. The molecule has 11 heteroatoms. The molecule has 0 radical (unpaired) electrons. The molecule has 0 bridgehead atoms. The van der Waals surface area contributed by atoms with Crippen molar-refractivity contribution in [3.8, 4) is 0 Å². The first-order valence-corrected chi connectivity index (χ1v) is 10.6. The van der Waals surface area contributed by atoms with E-state index in [1.54, 1.807) is 0 Å². The number of aliphatic hydroxyl groups excluding tert-OH is 5. The van der Waals surface area contributed by atoms with Gasteiger partial charge in [0.25, 0.3) is 0 Å². The minimum Gasteiger partial charge on any atom is -0.504 e. The van der Waals surface area contributed by atoms with Crippen molar-refractivity contribution in [2.24, 2.45) is 5.92 Å². The number of rotatable bonds is 13. The van der Waals surface area contributed by atoms with Gasteiger partial charge in [-0.2, -0.15) is 0 Å². The van der Waals surface area contributed by atoms with Gasteiger partial charge in [-0.05, 0) is 12.5 Å². The SMILES string of the molecule is C[C@@H](COC1C[C@H](OCc2ccccc2)OC(CO)[C@H]1O/C(O)=C(\O)[C@H](O)CCO)C(=O)O. The number of hydrogen-bond acceptors (Lipinski definition) is 10. The minimum atomic E-state index is -1.57. The van der Waals surface area contributed by atoms with E-state index in [0.717, 1.165) is 5.56 Å². The topological polar surface area (TPSA) is 175 Å². The maximum atomic E-state index is 11.2. The summed E-state index contributed by atoms with van der Waals surface area (Å²) in [6.07, 6.45) is -5.66. The third kappa shape index (κ3) is 8.14. The third-order valence-corrected chi connectivity index (χ3v) is 5.11. The van der Waals surface area contributed by atoms with E-state index in [9.17, 15) is 25.2 Å². The Morgan fingerprint density at radius 3 is 2.45 bits per heavy atom. The molecule has 0 saturated carbocycles. The van der Waals surface area contributed by atoms with Crippen LogP contribution in [0, 0.1) is 5.92 Å². The number of aliphatic carboxylic acids is 1. The van der Waals surface area contributed by atoms with Crippen molar-refractivity contribution in [3.05, 3.63) is 47.6 Å². The van der Waals surface area contributed by atoms with Gasteiger partial charge in [0.1, 0.15) is 18.3 Å². The van der Waals surface area contributed by atoms with Crippen LogP contribution in [0.2, 0.25) is 0 Å². The Hall–Kier alpha value is -2.41. The Bertz CT molecular complexity index is 754. The van der Waals surface area contributed by atoms with Crippen LogP contribution in [-0.4, -0.2) is 87.1 Å². The van der Waals surface area contributed by atoms with Crippen LogP contribution in [-0.2, 0) is 30.3 Å². The highest BCUT2D eigenvalue weighted by atomic mass is 16.7. The Morgan fingerprint density at radius 2 is 1.85 bits per heavy atom. The summed E-state index contributed by atoms with van der Waals surface area (Å²) in [6.45, 7) is 0.486. The number of hydrogen-bond donors (Lipinski definition) is 6. The van der Waals surface area contributed by atoms with E-state index in [-0.39, 0.29) is 26.1 Å². The molecule has 1 aliphatic rings. The van der Waals surface area contributed by atoms with Crippen molar-refractivity contribution in [3.63, 3.8) is 0 Å². The Morgan fingerprint density at radius 1 is 1.15 bits per heavy atom. The van der Waals surface area contributed by atoms with Crippen LogP contribution < -0.4 is 0 Å². The standard InChI is InChI=1S/C22H32O11/c1-13(21(27)28)11-30-16-9-18(31-12-14-5-3-2-4-6-14)32-17(10-24)20(16)33-22(29)19(26)15(25)7-8-23/h2-6,13,15-18,20,23-26,29H,7-12H2,1H3,(H,27,28)/b22-19-/t13-,15+,16?,17?,18+,20-/m0/s1. The molecular weight excluding hydrogens is 440 g/mol. The number of carboxylic acid groups (broad SMARTS) is 1. The van der Waals surface area contributed by atoms with Crippen LogP contribution in [0.1, 0.15) is 25.3 Å². The molecule has 1 aliphatic heterocycles. The maximum absolute atomic E-state index is 11.2. The first-order chi connectivity index (χ1) is 15.8.